The Hall–Kier alpha value is -3.98. The van der Waals surface area contributed by atoms with E-state index in [1.807, 2.05) is 47.4 Å². The predicted molar refractivity (Wildman–Crippen MR) is 127 cm³/mol. The number of nitrogens with zero attached hydrogens (tertiary/aromatic N) is 4. The van der Waals surface area contributed by atoms with E-state index in [1.54, 1.807) is 30.8 Å². The number of fused-ring (bicyclic) bond motifs is 2. The maximum absolute atomic E-state index is 13.3. The van der Waals surface area contributed by atoms with E-state index in [1.165, 1.54) is 6.07 Å². The molecule has 0 radical (unpaired) electrons. The Morgan fingerprint density at radius 3 is 2.62 bits per heavy atom. The molecule has 8 nitrogen and oxygen atoms in total. The first kappa shape index (κ1) is 20.6. The van der Waals surface area contributed by atoms with Crippen molar-refractivity contribution in [1.29, 1.82) is 0 Å². The summed E-state index contributed by atoms with van der Waals surface area (Å²) < 4.78 is 5.47. The number of hydrogen-bond acceptors (Lipinski definition) is 7. The third-order valence-corrected chi connectivity index (χ3v) is 7.14. The average molecular weight is 471 g/mol. The number of aryl methyl sites for hydroxylation is 1. The highest BCUT2D eigenvalue weighted by Gasteiger charge is 2.38. The minimum atomic E-state index is -0.417. The fourth-order valence-corrected chi connectivity index (χ4v) is 5.28. The Kier molecular flexibility index (Phi) is 4.73. The summed E-state index contributed by atoms with van der Waals surface area (Å²) in [5, 5.41) is 15.2. The van der Waals surface area contributed by atoms with Gasteiger partial charge in [-0.2, -0.15) is 4.98 Å². The summed E-state index contributed by atoms with van der Waals surface area (Å²) in [6.45, 7) is 1.67. The van der Waals surface area contributed by atoms with Crippen LogP contribution in [0.2, 0.25) is 0 Å². The van der Waals surface area contributed by atoms with E-state index >= 15 is 0 Å². The van der Waals surface area contributed by atoms with Crippen molar-refractivity contribution in [1.82, 2.24) is 10.1 Å². The lowest BCUT2D eigenvalue weighted by molar-refractivity contribution is -0.385. The molecule has 0 unspecified atom stereocenters. The van der Waals surface area contributed by atoms with Crippen LogP contribution >= 0.6 is 11.8 Å². The van der Waals surface area contributed by atoms with E-state index < -0.39 is 4.92 Å². The first-order valence-electron chi connectivity index (χ1n) is 10.8. The molecule has 34 heavy (non-hydrogen) atoms. The third-order valence-electron chi connectivity index (χ3n) is 6.01. The summed E-state index contributed by atoms with van der Waals surface area (Å²) in [7, 11) is 0. The molecule has 2 heterocycles. The summed E-state index contributed by atoms with van der Waals surface area (Å²) in [6, 6.07) is 18.4. The Balaban J connectivity index is 1.38. The van der Waals surface area contributed by atoms with Crippen molar-refractivity contribution >= 4 is 29.0 Å². The summed E-state index contributed by atoms with van der Waals surface area (Å²) >= 11 is 1.56. The van der Waals surface area contributed by atoms with Gasteiger partial charge in [0, 0.05) is 38.6 Å². The lowest BCUT2D eigenvalue weighted by Crippen LogP contribution is -2.32. The number of nitro groups is 1. The molecule has 0 N–H and O–H groups in total. The summed E-state index contributed by atoms with van der Waals surface area (Å²) in [5.41, 5.74) is 3.56. The Morgan fingerprint density at radius 1 is 1.06 bits per heavy atom. The molecule has 1 aliphatic carbocycles. The lowest BCUT2D eigenvalue weighted by atomic mass is 10.1. The molecule has 0 saturated heterocycles. The number of rotatable bonds is 4. The van der Waals surface area contributed by atoms with Crippen LogP contribution in [0.3, 0.4) is 0 Å². The first-order valence-corrected chi connectivity index (χ1v) is 11.7. The fraction of sp³-hybridized carbons (Fsp3) is 0.160. The monoisotopic (exact) mass is 470 g/mol. The summed E-state index contributed by atoms with van der Waals surface area (Å²) in [6.07, 6.45) is 2.01. The quantitative estimate of drug-likeness (QED) is 0.270. The highest BCUT2D eigenvalue weighted by molar-refractivity contribution is 7.99. The van der Waals surface area contributed by atoms with Crippen LogP contribution in [0.5, 0.6) is 0 Å². The van der Waals surface area contributed by atoms with E-state index in [-0.39, 0.29) is 23.5 Å². The highest BCUT2D eigenvalue weighted by Crippen LogP contribution is 2.46. The van der Waals surface area contributed by atoms with Crippen LogP contribution in [-0.4, -0.2) is 27.0 Å². The van der Waals surface area contributed by atoms with Crippen molar-refractivity contribution in [2.24, 2.45) is 0 Å². The van der Waals surface area contributed by atoms with Crippen molar-refractivity contribution in [3.8, 4) is 22.8 Å². The van der Waals surface area contributed by atoms with Gasteiger partial charge in [0.15, 0.2) is 0 Å². The van der Waals surface area contributed by atoms with Gasteiger partial charge in [-0.15, -0.1) is 0 Å². The fourth-order valence-electron chi connectivity index (χ4n) is 4.17. The van der Waals surface area contributed by atoms with Gasteiger partial charge in [0.05, 0.1) is 16.2 Å². The second-order valence-corrected chi connectivity index (χ2v) is 9.45. The topological polar surface area (TPSA) is 102 Å². The molecule has 1 amide bonds. The normalized spacial score (nSPS) is 15.0. The zero-order valence-electron chi connectivity index (χ0n) is 18.1. The number of hydrogen-bond donors (Lipinski definition) is 0. The van der Waals surface area contributed by atoms with Crippen molar-refractivity contribution in [3.05, 3.63) is 81.9 Å². The van der Waals surface area contributed by atoms with Gasteiger partial charge in [-0.25, -0.2) is 0 Å². The number of nitro benzene ring substituents is 1. The first-order chi connectivity index (χ1) is 16.5. The van der Waals surface area contributed by atoms with Crippen LogP contribution in [0.1, 0.15) is 28.8 Å². The Bertz CT molecular complexity index is 1480. The van der Waals surface area contributed by atoms with E-state index in [0.717, 1.165) is 33.9 Å². The van der Waals surface area contributed by atoms with Gasteiger partial charge in [-0.05, 0) is 62.2 Å². The minimum Gasteiger partial charge on any atom is -0.334 e. The van der Waals surface area contributed by atoms with Crippen LogP contribution in [0, 0.1) is 17.0 Å². The van der Waals surface area contributed by atoms with E-state index in [0.29, 0.717) is 22.5 Å². The highest BCUT2D eigenvalue weighted by atomic mass is 32.2. The molecule has 0 atom stereocenters. The molecule has 9 heteroatoms. The number of carbonyl (C=O) groups is 1. The zero-order chi connectivity index (χ0) is 23.4. The maximum atomic E-state index is 13.3. The van der Waals surface area contributed by atoms with Crippen LogP contribution in [-0.2, 0) is 0 Å². The number of anilines is 1. The largest absolute Gasteiger partial charge is 0.334 e. The molecule has 0 bridgehead atoms. The smallest absolute Gasteiger partial charge is 0.272 e. The number of benzene rings is 3. The molecule has 6 rings (SSSR count). The number of aromatic nitrogens is 2. The lowest BCUT2D eigenvalue weighted by Gasteiger charge is -2.22. The predicted octanol–water partition coefficient (Wildman–Crippen LogP) is 5.89. The van der Waals surface area contributed by atoms with Crippen LogP contribution in [0.15, 0.2) is 75.0 Å². The van der Waals surface area contributed by atoms with Gasteiger partial charge in [0.1, 0.15) is 0 Å². The van der Waals surface area contributed by atoms with Gasteiger partial charge in [-0.3, -0.25) is 14.9 Å². The summed E-state index contributed by atoms with van der Waals surface area (Å²) in [5.74, 6) is 0.736. The van der Waals surface area contributed by atoms with Crippen molar-refractivity contribution < 1.29 is 14.2 Å². The molecule has 168 valence electrons. The van der Waals surface area contributed by atoms with Crippen molar-refractivity contribution in [2.75, 3.05) is 4.90 Å². The molecule has 3 aromatic carbocycles. The molecule has 1 fully saturated rings. The third kappa shape index (κ3) is 3.45. The Morgan fingerprint density at radius 2 is 1.85 bits per heavy atom. The van der Waals surface area contributed by atoms with Crippen LogP contribution in [0.4, 0.5) is 11.4 Å². The van der Waals surface area contributed by atoms with Gasteiger partial charge in [-0.1, -0.05) is 29.1 Å². The van der Waals surface area contributed by atoms with Crippen molar-refractivity contribution in [2.45, 2.75) is 35.6 Å². The summed E-state index contributed by atoms with van der Waals surface area (Å²) in [4.78, 5) is 32.3. The Labute approximate surface area is 198 Å². The van der Waals surface area contributed by atoms with E-state index in [4.69, 9.17) is 4.52 Å². The van der Waals surface area contributed by atoms with Gasteiger partial charge >= 0.3 is 0 Å². The molecular formula is C25H18N4O4S. The van der Waals surface area contributed by atoms with E-state index in [2.05, 4.69) is 10.1 Å². The molecule has 4 aromatic rings. The van der Waals surface area contributed by atoms with Crippen molar-refractivity contribution in [3.63, 3.8) is 0 Å². The van der Waals surface area contributed by atoms with Crippen LogP contribution < -0.4 is 4.90 Å². The average Bonchev–Trinajstić information content (AvgIpc) is 3.56. The number of amides is 1. The van der Waals surface area contributed by atoms with E-state index in [9.17, 15) is 14.9 Å². The zero-order valence-corrected chi connectivity index (χ0v) is 18.9. The molecule has 0 spiro atoms. The van der Waals surface area contributed by atoms with Gasteiger partial charge < -0.3 is 9.42 Å². The number of carbonyl (C=O) groups excluding carboxylic acids is 1. The van der Waals surface area contributed by atoms with Gasteiger partial charge in [0.25, 0.3) is 17.5 Å². The minimum absolute atomic E-state index is 0.0347. The molecule has 1 aliphatic heterocycles. The standard InChI is InChI=1S/C25H18N4O4S/c1-14-12-16(7-10-19(14)29(31)32)24-26-23(27-33-24)15-6-11-20-22(13-15)34-21-5-3-2-4-18(21)25(30)28(20)17-8-9-17/h2-7,10-13,17H,8-9H2,1H3. The molecular weight excluding hydrogens is 452 g/mol. The second-order valence-electron chi connectivity index (χ2n) is 8.37. The van der Waals surface area contributed by atoms with Crippen LogP contribution in [0.25, 0.3) is 22.8 Å². The molecule has 1 aromatic heterocycles. The maximum Gasteiger partial charge on any atom is 0.272 e. The van der Waals surface area contributed by atoms with Gasteiger partial charge in [0.2, 0.25) is 5.82 Å². The molecule has 1 saturated carbocycles. The SMILES string of the molecule is Cc1cc(-c2nc(-c3ccc4c(c3)Sc3ccccc3C(=O)N4C3CC3)no2)ccc1[N+](=O)[O-]. The molecule has 2 aliphatic rings. The second kappa shape index (κ2) is 7.81.